The van der Waals surface area contributed by atoms with Crippen LogP contribution in [0.1, 0.15) is 64.2 Å². The van der Waals surface area contributed by atoms with Gasteiger partial charge in [0, 0.05) is 61.4 Å². The van der Waals surface area contributed by atoms with E-state index in [1.165, 1.54) is 95.7 Å². The molecule has 1 aromatic rings. The Labute approximate surface area is 533 Å². The van der Waals surface area contributed by atoms with Gasteiger partial charge in [-0.2, -0.15) is 17.2 Å². The summed E-state index contributed by atoms with van der Waals surface area (Å²) in [6, 6.07) is 1.39. The lowest BCUT2D eigenvalue weighted by atomic mass is 9.73. The van der Waals surface area contributed by atoms with E-state index >= 15 is 4.79 Å². The number of alkyl carbamates (subject to hydrolysis) is 1. The average Bonchev–Trinajstić information content (AvgIpc) is 0.971. The SMILES string of the molecule is C=C(OC)C(=O)Nc1cc(OC)c(OC)cc1C(=O)O[C@H]1C[C@H](O[C@@H]2C(=O)C(NC(=O)OC)=C3C(=CCSSSC)[C@]2(O)C#C/C=C/C#C[C@@H]3O[C@@H]2O[C@H](C)[C@@H](NO[C@H]3C[C@H](O)[C@H](SC)[C@@H](C)O3)[C@H](O)[C@H]2O[C@H]2C[C@H](OC)[C@@H](NC(C)C)CO2)O[C@@H](C)[C@H]1O. The molecule has 19 atom stereocenters. The summed E-state index contributed by atoms with van der Waals surface area (Å²) in [5.74, 6) is 8.60. The number of allylic oxidation sites excluding steroid dienone is 2. The van der Waals surface area contributed by atoms with E-state index in [1.54, 1.807) is 20.1 Å². The maximum Gasteiger partial charge on any atom is 0.411 e. The highest BCUT2D eigenvalue weighted by molar-refractivity contribution is 9.09. The van der Waals surface area contributed by atoms with Crippen molar-refractivity contribution in [3.8, 4) is 35.2 Å². The number of benzene rings is 1. The summed E-state index contributed by atoms with van der Waals surface area (Å²) in [7, 11) is 10.8. The molecule has 492 valence electrons. The molecule has 0 radical (unpaired) electrons. The Morgan fingerprint density at radius 1 is 0.854 bits per heavy atom. The van der Waals surface area contributed by atoms with Gasteiger partial charge in [0.05, 0.1) is 99.8 Å². The van der Waals surface area contributed by atoms with E-state index in [1.807, 2.05) is 33.3 Å². The molecule has 8 N–H and O–H groups in total. The number of esters is 1. The molecule has 7 rings (SSSR count). The van der Waals surface area contributed by atoms with Gasteiger partial charge in [-0.3, -0.25) is 19.7 Å². The number of aliphatic hydroxyl groups is 4. The molecule has 4 aliphatic heterocycles. The Bertz CT molecular complexity index is 2890. The van der Waals surface area contributed by atoms with Gasteiger partial charge in [-0.15, -0.1) is 0 Å². The third kappa shape index (κ3) is 17.6. The molecule has 0 spiro atoms. The first kappa shape index (κ1) is 71.8. The monoisotopic (exact) mass is 1320 g/mol. The lowest BCUT2D eigenvalue weighted by Crippen LogP contribution is -2.65. The number of rotatable bonds is 25. The van der Waals surface area contributed by atoms with E-state index in [4.69, 9.17) is 66.4 Å². The van der Waals surface area contributed by atoms with Crippen LogP contribution in [0.3, 0.4) is 0 Å². The lowest BCUT2D eigenvalue weighted by Gasteiger charge is -2.47. The average molecular weight is 1330 g/mol. The molecule has 4 fully saturated rings. The highest BCUT2D eigenvalue weighted by Crippen LogP contribution is 2.44. The fourth-order valence-electron chi connectivity index (χ4n) is 10.8. The molecule has 1 aromatic carbocycles. The van der Waals surface area contributed by atoms with E-state index in [2.05, 4.69) is 51.7 Å². The number of fused-ring (bicyclic) bond motifs is 2. The number of hydrogen-bond donors (Lipinski definition) is 8. The maximum absolute atomic E-state index is 15.6. The van der Waals surface area contributed by atoms with E-state index in [9.17, 15) is 34.8 Å². The Morgan fingerprint density at radius 3 is 2.22 bits per heavy atom. The largest absolute Gasteiger partial charge is 0.493 e. The molecule has 0 aromatic heterocycles. The van der Waals surface area contributed by atoms with Gasteiger partial charge in [0.15, 0.2) is 54.1 Å². The Morgan fingerprint density at radius 2 is 1.56 bits per heavy atom. The highest BCUT2D eigenvalue weighted by Gasteiger charge is 2.57. The Hall–Kier alpha value is -4.62. The third-order valence-corrected chi connectivity index (χ3v) is 20.2. The molecule has 0 unspecified atom stereocenters. The summed E-state index contributed by atoms with van der Waals surface area (Å²) in [6.45, 7) is 12.6. The van der Waals surface area contributed by atoms with Crippen LogP contribution in [0.4, 0.5) is 10.5 Å². The van der Waals surface area contributed by atoms with Crippen LogP contribution in [0.15, 0.2) is 59.5 Å². The molecule has 26 nitrogen and oxygen atoms in total. The van der Waals surface area contributed by atoms with Gasteiger partial charge < -0.3 is 92.6 Å². The van der Waals surface area contributed by atoms with Gasteiger partial charge in [0.25, 0.3) is 5.91 Å². The van der Waals surface area contributed by atoms with Crippen LogP contribution in [0.5, 0.6) is 11.5 Å². The zero-order valence-corrected chi connectivity index (χ0v) is 54.6. The molecular weight excluding hydrogens is 1240 g/mol. The zero-order valence-electron chi connectivity index (χ0n) is 51.4. The van der Waals surface area contributed by atoms with Crippen molar-refractivity contribution in [2.45, 2.75) is 175 Å². The second-order valence-electron chi connectivity index (χ2n) is 21.4. The summed E-state index contributed by atoms with van der Waals surface area (Å²) in [5.41, 5.74) is -0.949. The maximum atomic E-state index is 15.6. The second kappa shape index (κ2) is 33.3. The van der Waals surface area contributed by atoms with Crippen molar-refractivity contribution in [1.82, 2.24) is 16.1 Å². The first-order valence-corrected chi connectivity index (χ1v) is 33.8. The number of thioether (sulfide) groups is 1. The molecule has 4 heterocycles. The van der Waals surface area contributed by atoms with E-state index in [0.29, 0.717) is 0 Å². The molecule has 2 bridgehead atoms. The first-order chi connectivity index (χ1) is 42.5. The molecule has 4 saturated heterocycles. The van der Waals surface area contributed by atoms with Crippen molar-refractivity contribution in [2.24, 2.45) is 0 Å². The van der Waals surface area contributed by atoms with Crippen molar-refractivity contribution >= 4 is 72.6 Å². The molecular formula is C59H80N4O22S4. The van der Waals surface area contributed by atoms with Crippen LogP contribution in [-0.2, 0) is 66.5 Å². The lowest BCUT2D eigenvalue weighted by molar-refractivity contribution is -0.336. The first-order valence-electron chi connectivity index (χ1n) is 28.4. The van der Waals surface area contributed by atoms with Crippen LogP contribution in [0, 0.1) is 23.7 Å². The Kier molecular flexibility index (Phi) is 26.9. The number of Topliss-reactive ketones (excluding diaryl/α,β-unsaturated/α-hetero) is 1. The van der Waals surface area contributed by atoms with Crippen molar-refractivity contribution in [2.75, 3.05) is 65.7 Å². The summed E-state index contributed by atoms with van der Waals surface area (Å²) in [6.07, 6.45) is -11.7. The number of hydrogen-bond acceptors (Lipinski definition) is 28. The number of methoxy groups -OCH3 is 5. The minimum atomic E-state index is -2.66. The summed E-state index contributed by atoms with van der Waals surface area (Å²) in [4.78, 5) is 62.5. The number of carbonyl (C=O) groups excluding carboxylic acids is 4. The number of aliphatic hydroxyl groups excluding tert-OH is 3. The number of ketones is 1. The number of carbonyl (C=O) groups is 4. The van der Waals surface area contributed by atoms with Crippen LogP contribution in [-0.4, -0.2) is 226 Å². The predicted molar refractivity (Wildman–Crippen MR) is 330 cm³/mol. The minimum absolute atomic E-state index is 0.0843. The van der Waals surface area contributed by atoms with Crippen molar-refractivity contribution < 1.29 is 106 Å². The molecule has 30 heteroatoms. The normalized spacial score (nSPS) is 34.4. The summed E-state index contributed by atoms with van der Waals surface area (Å²) in [5, 5.41) is 56.8. The summed E-state index contributed by atoms with van der Waals surface area (Å²) < 4.78 is 77.9. The van der Waals surface area contributed by atoms with Gasteiger partial charge >= 0.3 is 12.1 Å². The molecule has 89 heavy (non-hydrogen) atoms. The molecule has 6 aliphatic rings. The van der Waals surface area contributed by atoms with Crippen LogP contribution >= 0.6 is 43.2 Å². The number of hydroxylamine groups is 1. The number of amides is 2. The third-order valence-electron chi connectivity index (χ3n) is 15.2. The predicted octanol–water partition coefficient (Wildman–Crippen LogP) is 3.42. The summed E-state index contributed by atoms with van der Waals surface area (Å²) >= 11 is 1.47. The number of ether oxygens (including phenoxy) is 13. The molecule has 0 saturated carbocycles. The van der Waals surface area contributed by atoms with Crippen LogP contribution in [0.25, 0.3) is 0 Å². The topological polar surface area (TPSA) is 327 Å². The zero-order chi connectivity index (χ0) is 64.9. The van der Waals surface area contributed by atoms with Gasteiger partial charge in [0.2, 0.25) is 5.78 Å². The standard InChI is InChI=1S/C59H80N4O22S4/c1-28(2)60-36-27-77-43(25-39(36)73-8)83-52-50(66)47(63-85-45-24-37(64)53(86-12)31(5)79-45)29(3)80-57(52)82-38-18-16-14-15-17-20-59(71)34(19-21-88-89-87-13)46(38)48(62-58(70)76-11)51(67)54(59)84-44-26-42(49(65)30(4)78-44)81-56(69)33-22-40(74-9)41(75-10)23-35(33)61-55(68)32(6)72-7/h14-15,19,22-23,28-31,36-39,42-45,47,49-50,52-54,57,60,63-66,71H,6,21,24-27H2,1-5,7-13H3,(H,61,68)(H,62,70)/b15-14+,34-19?/t29-,30+,31-,36+,37+,38+,39+,42+,43+,44+,45+,47-,49-,50+,52-,53-,54-,57+,59-/m1/s1. The van der Waals surface area contributed by atoms with Gasteiger partial charge in [0.1, 0.15) is 30.5 Å². The highest BCUT2D eigenvalue weighted by atomic mass is 33.5. The number of anilines is 1. The number of nitrogens with one attached hydrogen (secondary N) is 4. The van der Waals surface area contributed by atoms with E-state index < -0.39 is 134 Å². The fourth-order valence-corrected chi connectivity index (χ4v) is 14.1. The van der Waals surface area contributed by atoms with Crippen molar-refractivity contribution in [1.29, 1.82) is 0 Å². The van der Waals surface area contributed by atoms with E-state index in [-0.39, 0.29) is 88.3 Å². The smallest absolute Gasteiger partial charge is 0.411 e. The minimum Gasteiger partial charge on any atom is -0.493 e. The fraction of sp³-hybridized carbons (Fsp3) is 0.627. The van der Waals surface area contributed by atoms with Gasteiger partial charge in [-0.1, -0.05) is 71.8 Å². The van der Waals surface area contributed by atoms with Gasteiger partial charge in [-0.25, -0.2) is 9.59 Å². The van der Waals surface area contributed by atoms with Crippen molar-refractivity contribution in [3.05, 3.63) is 65.1 Å². The van der Waals surface area contributed by atoms with Crippen LogP contribution in [0.2, 0.25) is 0 Å². The molecule has 2 aliphatic carbocycles. The van der Waals surface area contributed by atoms with E-state index in [0.717, 1.165) is 7.11 Å². The van der Waals surface area contributed by atoms with Gasteiger partial charge in [-0.05, 0) is 55.3 Å². The van der Waals surface area contributed by atoms with Crippen LogP contribution < -0.4 is 30.9 Å². The van der Waals surface area contributed by atoms with Crippen molar-refractivity contribution in [3.63, 3.8) is 0 Å². The Balaban J connectivity index is 1.27. The molecule has 2 amide bonds. The quantitative estimate of drug-likeness (QED) is 0.0132. The second-order valence-corrected chi connectivity index (χ2v) is 26.8.